The number of anilines is 1. The summed E-state index contributed by atoms with van der Waals surface area (Å²) >= 11 is 0. The van der Waals surface area contributed by atoms with Gasteiger partial charge in [0.25, 0.3) is 0 Å². The highest BCUT2D eigenvalue weighted by atomic mass is 16.3. The van der Waals surface area contributed by atoms with Gasteiger partial charge >= 0.3 is 0 Å². The number of fused-ring (bicyclic) bond motifs is 1. The minimum absolute atomic E-state index is 0.0937. The van der Waals surface area contributed by atoms with Crippen LogP contribution in [0.2, 0.25) is 0 Å². The molecule has 0 bridgehead atoms. The minimum atomic E-state index is -1.52. The Morgan fingerprint density at radius 2 is 1.96 bits per heavy atom. The van der Waals surface area contributed by atoms with Crippen LogP contribution in [0, 0.1) is 5.92 Å². The number of furan rings is 1. The Morgan fingerprint density at radius 3 is 2.62 bits per heavy atom. The molecule has 2 aliphatic rings. The van der Waals surface area contributed by atoms with E-state index >= 15 is 0 Å². The topological polar surface area (TPSA) is 67.6 Å². The smallest absolute Gasteiger partial charge is 0.225 e. The number of carbonyl (C=O) groups excluding carboxylic acids is 3. The second-order valence-corrected chi connectivity index (χ2v) is 6.56. The second kappa shape index (κ2) is 4.90. The molecule has 1 aliphatic heterocycles. The maximum atomic E-state index is 13.3. The highest BCUT2D eigenvalue weighted by molar-refractivity contribution is 6.32. The van der Waals surface area contributed by atoms with Crippen molar-refractivity contribution in [3.05, 3.63) is 54.0 Å². The van der Waals surface area contributed by atoms with Crippen molar-refractivity contribution in [3.8, 4) is 0 Å². The van der Waals surface area contributed by atoms with Crippen LogP contribution < -0.4 is 4.90 Å². The van der Waals surface area contributed by atoms with Crippen LogP contribution in [0.4, 0.5) is 5.69 Å². The van der Waals surface area contributed by atoms with Gasteiger partial charge in [-0.15, -0.1) is 0 Å². The Kier molecular flexibility index (Phi) is 3.04. The van der Waals surface area contributed by atoms with Crippen LogP contribution in [0.25, 0.3) is 0 Å². The van der Waals surface area contributed by atoms with E-state index in [2.05, 4.69) is 0 Å². The van der Waals surface area contributed by atoms with Crippen LogP contribution in [0.3, 0.4) is 0 Å². The molecule has 1 spiro atoms. The fourth-order valence-electron chi connectivity index (χ4n) is 4.41. The van der Waals surface area contributed by atoms with Crippen molar-refractivity contribution in [2.75, 3.05) is 4.90 Å². The number of rotatable bonds is 1. The number of carbonyl (C=O) groups is 3. The van der Waals surface area contributed by atoms with Gasteiger partial charge in [0.1, 0.15) is 5.76 Å². The van der Waals surface area contributed by atoms with Gasteiger partial charge in [0.2, 0.25) is 5.91 Å². The summed E-state index contributed by atoms with van der Waals surface area (Å²) in [4.78, 5) is 40.3. The molecule has 0 radical (unpaired) electrons. The second-order valence-electron chi connectivity index (χ2n) is 6.56. The molecule has 0 N–H and O–H groups in total. The van der Waals surface area contributed by atoms with Crippen LogP contribution in [0.5, 0.6) is 0 Å². The Hall–Kier alpha value is -2.69. The normalized spacial score (nSPS) is 28.7. The van der Waals surface area contributed by atoms with E-state index in [4.69, 9.17) is 4.42 Å². The maximum absolute atomic E-state index is 13.3. The molecule has 1 aromatic carbocycles. The molecule has 0 unspecified atom stereocenters. The number of ketones is 2. The lowest BCUT2D eigenvalue weighted by Crippen LogP contribution is -2.59. The first-order valence-corrected chi connectivity index (χ1v) is 8.01. The fourth-order valence-corrected chi connectivity index (χ4v) is 4.41. The largest absolute Gasteiger partial charge is 0.469 e. The third-order valence-corrected chi connectivity index (χ3v) is 5.20. The zero-order valence-corrected chi connectivity index (χ0v) is 13.5. The maximum Gasteiger partial charge on any atom is 0.225 e. The summed E-state index contributed by atoms with van der Waals surface area (Å²) in [6.07, 6.45) is 1.78. The van der Waals surface area contributed by atoms with Crippen LogP contribution in [0.15, 0.2) is 47.1 Å². The standard InChI is InChI=1S/C19H17NO4/c1-11-10-16(22)19(17(11)15-8-5-9-24-15)18(23)13-6-3-4-7-14(13)20(19)12(2)21/h3-9,11,17H,10H2,1-2H3/t11-,17-,19+/m0/s1. The van der Waals surface area contributed by atoms with Crippen molar-refractivity contribution in [1.82, 2.24) is 0 Å². The lowest BCUT2D eigenvalue weighted by atomic mass is 9.77. The van der Waals surface area contributed by atoms with Gasteiger partial charge in [-0.2, -0.15) is 0 Å². The molecule has 1 aromatic heterocycles. The highest BCUT2D eigenvalue weighted by Crippen LogP contribution is 2.55. The molecule has 24 heavy (non-hydrogen) atoms. The summed E-state index contributed by atoms with van der Waals surface area (Å²) < 4.78 is 5.56. The number of para-hydroxylation sites is 1. The van der Waals surface area contributed by atoms with E-state index < -0.39 is 11.5 Å². The van der Waals surface area contributed by atoms with Gasteiger partial charge in [-0.3, -0.25) is 19.3 Å². The van der Waals surface area contributed by atoms with E-state index in [-0.39, 0.29) is 29.8 Å². The van der Waals surface area contributed by atoms with Gasteiger partial charge in [-0.25, -0.2) is 0 Å². The summed E-state index contributed by atoms with van der Waals surface area (Å²) in [5, 5.41) is 0. The summed E-state index contributed by atoms with van der Waals surface area (Å²) in [6.45, 7) is 3.32. The number of nitrogens with zero attached hydrogens (tertiary/aromatic N) is 1. The molecule has 0 saturated heterocycles. The predicted molar refractivity (Wildman–Crippen MR) is 86.9 cm³/mol. The molecule has 5 nitrogen and oxygen atoms in total. The summed E-state index contributed by atoms with van der Waals surface area (Å²) in [5.41, 5.74) is -0.590. The van der Waals surface area contributed by atoms with Crippen LogP contribution in [0.1, 0.15) is 42.3 Å². The molecule has 5 heteroatoms. The number of hydrogen-bond donors (Lipinski definition) is 0. The van der Waals surface area contributed by atoms with Gasteiger partial charge in [-0.1, -0.05) is 19.1 Å². The average molecular weight is 323 g/mol. The fraction of sp³-hybridized carbons (Fsp3) is 0.316. The lowest BCUT2D eigenvalue weighted by Gasteiger charge is -2.37. The molecule has 3 atom stereocenters. The van der Waals surface area contributed by atoms with Crippen LogP contribution in [-0.4, -0.2) is 23.0 Å². The van der Waals surface area contributed by atoms with Gasteiger partial charge in [0, 0.05) is 18.9 Å². The Balaban J connectivity index is 2.02. The van der Waals surface area contributed by atoms with Crippen molar-refractivity contribution >= 4 is 23.2 Å². The number of benzene rings is 1. The molecular formula is C19H17NO4. The SMILES string of the molecule is CC(=O)N1c2ccccc2C(=O)[C@]12C(=O)C[C@H](C)[C@H]2c1ccco1. The quantitative estimate of drug-likeness (QED) is 0.757. The van der Waals surface area contributed by atoms with Crippen molar-refractivity contribution in [3.63, 3.8) is 0 Å². The Morgan fingerprint density at radius 1 is 1.21 bits per heavy atom. The number of hydrogen-bond acceptors (Lipinski definition) is 4. The van der Waals surface area contributed by atoms with E-state index in [1.807, 2.05) is 6.92 Å². The van der Waals surface area contributed by atoms with E-state index in [1.54, 1.807) is 36.4 Å². The lowest BCUT2D eigenvalue weighted by molar-refractivity contribution is -0.125. The summed E-state index contributed by atoms with van der Waals surface area (Å²) in [7, 11) is 0. The Bertz CT molecular complexity index is 854. The van der Waals surface area contributed by atoms with Gasteiger partial charge in [0.15, 0.2) is 17.1 Å². The first-order valence-electron chi connectivity index (χ1n) is 8.01. The third kappa shape index (κ3) is 1.62. The molecular weight excluding hydrogens is 306 g/mol. The van der Waals surface area contributed by atoms with Crippen molar-refractivity contribution in [1.29, 1.82) is 0 Å². The van der Waals surface area contributed by atoms with E-state index in [0.717, 1.165) is 0 Å². The van der Waals surface area contributed by atoms with Gasteiger partial charge < -0.3 is 4.42 Å². The zero-order chi connectivity index (χ0) is 17.1. The van der Waals surface area contributed by atoms with Crippen LogP contribution >= 0.6 is 0 Å². The van der Waals surface area contributed by atoms with Crippen LogP contribution in [-0.2, 0) is 9.59 Å². The van der Waals surface area contributed by atoms with Crippen molar-refractivity contribution in [2.24, 2.45) is 5.92 Å². The minimum Gasteiger partial charge on any atom is -0.469 e. The van der Waals surface area contributed by atoms with Crippen molar-refractivity contribution in [2.45, 2.75) is 31.7 Å². The molecule has 122 valence electrons. The summed E-state index contributed by atoms with van der Waals surface area (Å²) in [5.74, 6) is -0.836. The molecule has 1 saturated carbocycles. The summed E-state index contributed by atoms with van der Waals surface area (Å²) in [6, 6.07) is 10.4. The Labute approximate surface area is 139 Å². The molecule has 4 rings (SSSR count). The zero-order valence-electron chi connectivity index (χ0n) is 13.5. The number of Topliss-reactive ketones (excluding diaryl/α,β-unsaturated/α-hetero) is 2. The molecule has 2 aromatic rings. The predicted octanol–water partition coefficient (Wildman–Crippen LogP) is 2.96. The highest BCUT2D eigenvalue weighted by Gasteiger charge is 2.67. The third-order valence-electron chi connectivity index (χ3n) is 5.20. The van der Waals surface area contributed by atoms with Crippen molar-refractivity contribution < 1.29 is 18.8 Å². The first kappa shape index (κ1) is 14.9. The number of amides is 1. The monoisotopic (exact) mass is 323 g/mol. The van der Waals surface area contributed by atoms with E-state index in [0.29, 0.717) is 17.0 Å². The first-order chi connectivity index (χ1) is 11.5. The molecule has 2 heterocycles. The van der Waals surface area contributed by atoms with Gasteiger partial charge in [-0.05, 0) is 30.2 Å². The van der Waals surface area contributed by atoms with E-state index in [1.165, 1.54) is 18.1 Å². The molecule has 1 aliphatic carbocycles. The molecule has 1 amide bonds. The van der Waals surface area contributed by atoms with E-state index in [9.17, 15) is 14.4 Å². The average Bonchev–Trinajstić information content (AvgIpc) is 3.20. The van der Waals surface area contributed by atoms with Gasteiger partial charge in [0.05, 0.1) is 17.9 Å². The molecule has 1 fully saturated rings.